The Hall–Kier alpha value is -1.44. The van der Waals surface area contributed by atoms with Gasteiger partial charge in [-0.2, -0.15) is 0 Å². The molecule has 3 rings (SSSR count). The Labute approximate surface area is 139 Å². The average molecular weight is 312 g/mol. The molecule has 2 fully saturated rings. The first-order chi connectivity index (χ1) is 11.1. The molecule has 23 heavy (non-hydrogen) atoms. The van der Waals surface area contributed by atoms with Gasteiger partial charge >= 0.3 is 0 Å². The van der Waals surface area contributed by atoms with Crippen molar-refractivity contribution in [3.05, 3.63) is 35.9 Å². The quantitative estimate of drug-likeness (QED) is 0.436. The van der Waals surface area contributed by atoms with Crippen molar-refractivity contribution in [1.29, 1.82) is 0 Å². The Kier molecular flexibility index (Phi) is 4.99. The van der Waals surface area contributed by atoms with E-state index < -0.39 is 5.41 Å². The number of hydrogen-bond donors (Lipinski definition) is 0. The molecule has 2 atom stereocenters. The summed E-state index contributed by atoms with van der Waals surface area (Å²) in [6, 6.07) is 9.38. The maximum Gasteiger partial charge on any atom is 0.176 e. The van der Waals surface area contributed by atoms with Crippen LogP contribution in [-0.2, 0) is 4.79 Å². The van der Waals surface area contributed by atoms with Crippen LogP contribution in [-0.4, -0.2) is 11.6 Å². The van der Waals surface area contributed by atoms with Gasteiger partial charge in [0.2, 0.25) is 0 Å². The second-order valence-electron chi connectivity index (χ2n) is 7.64. The zero-order valence-electron chi connectivity index (χ0n) is 14.2. The van der Waals surface area contributed by atoms with Gasteiger partial charge in [0, 0.05) is 11.5 Å². The molecule has 124 valence electrons. The predicted molar refractivity (Wildman–Crippen MR) is 92.4 cm³/mol. The second-order valence-corrected chi connectivity index (χ2v) is 7.64. The molecule has 0 bridgehead atoms. The molecule has 0 amide bonds. The molecule has 2 nitrogen and oxygen atoms in total. The van der Waals surface area contributed by atoms with E-state index in [1.807, 2.05) is 37.3 Å². The SMILES string of the molecule is C[C@]1(C(=O)c2ccccc2)CCCCC(C2CCCCC2)C1=O. The first kappa shape index (κ1) is 16.4. The molecule has 0 heterocycles. The lowest BCUT2D eigenvalue weighted by molar-refractivity contribution is -0.131. The molecule has 1 aromatic carbocycles. The molecule has 1 aromatic rings. The molecule has 2 heteroatoms. The van der Waals surface area contributed by atoms with Crippen LogP contribution >= 0.6 is 0 Å². The summed E-state index contributed by atoms with van der Waals surface area (Å²) < 4.78 is 0. The first-order valence-corrected chi connectivity index (χ1v) is 9.27. The predicted octanol–water partition coefficient (Wildman–Crippen LogP) is 5.22. The molecule has 0 N–H and O–H groups in total. The van der Waals surface area contributed by atoms with Crippen molar-refractivity contribution >= 4 is 11.6 Å². The maximum atomic E-state index is 13.4. The van der Waals surface area contributed by atoms with Gasteiger partial charge in [-0.05, 0) is 38.5 Å². The summed E-state index contributed by atoms with van der Waals surface area (Å²) in [6.45, 7) is 1.91. The standard InChI is InChI=1S/C21H28O2/c1-21(19(22)17-12-6-3-7-13-17)15-9-8-14-18(20(21)23)16-10-4-2-5-11-16/h3,6-7,12-13,16,18H,2,4-5,8-11,14-15H2,1H3/t18?,21-/m1/s1. The number of carbonyl (C=O) groups excluding carboxylic acids is 2. The monoisotopic (exact) mass is 312 g/mol. The minimum absolute atomic E-state index is 0.0332. The maximum absolute atomic E-state index is 13.4. The lowest BCUT2D eigenvalue weighted by atomic mass is 9.67. The van der Waals surface area contributed by atoms with Gasteiger partial charge in [0.15, 0.2) is 5.78 Å². The summed E-state index contributed by atoms with van der Waals surface area (Å²) in [6.07, 6.45) is 9.92. The number of hydrogen-bond acceptors (Lipinski definition) is 2. The molecule has 2 aliphatic rings. The minimum Gasteiger partial charge on any atom is -0.298 e. The molecule has 0 spiro atoms. The molecule has 0 radical (unpaired) electrons. The fraction of sp³-hybridized carbons (Fsp3) is 0.619. The van der Waals surface area contributed by atoms with Crippen molar-refractivity contribution in [2.45, 2.75) is 64.7 Å². The largest absolute Gasteiger partial charge is 0.298 e. The van der Waals surface area contributed by atoms with Crippen LogP contribution in [0.15, 0.2) is 30.3 Å². The van der Waals surface area contributed by atoms with E-state index in [9.17, 15) is 9.59 Å². The van der Waals surface area contributed by atoms with Gasteiger partial charge in [-0.15, -0.1) is 0 Å². The fourth-order valence-electron chi connectivity index (χ4n) is 4.63. The van der Waals surface area contributed by atoms with Gasteiger partial charge in [-0.25, -0.2) is 0 Å². The minimum atomic E-state index is -0.819. The van der Waals surface area contributed by atoms with Gasteiger partial charge < -0.3 is 0 Å². The molecule has 0 aromatic heterocycles. The van der Waals surface area contributed by atoms with Crippen LogP contribution in [0.2, 0.25) is 0 Å². The van der Waals surface area contributed by atoms with Crippen molar-refractivity contribution < 1.29 is 9.59 Å². The van der Waals surface area contributed by atoms with Crippen LogP contribution in [0, 0.1) is 17.3 Å². The highest BCUT2D eigenvalue weighted by molar-refractivity contribution is 6.14. The van der Waals surface area contributed by atoms with Gasteiger partial charge in [-0.3, -0.25) is 9.59 Å². The van der Waals surface area contributed by atoms with Crippen LogP contribution < -0.4 is 0 Å². The highest BCUT2D eigenvalue weighted by atomic mass is 16.2. The normalized spacial score (nSPS) is 30.0. The van der Waals surface area contributed by atoms with Crippen LogP contribution in [0.25, 0.3) is 0 Å². The van der Waals surface area contributed by atoms with Crippen molar-refractivity contribution in [3.63, 3.8) is 0 Å². The zero-order valence-corrected chi connectivity index (χ0v) is 14.2. The van der Waals surface area contributed by atoms with Crippen LogP contribution in [0.5, 0.6) is 0 Å². The summed E-state index contributed by atoms with van der Waals surface area (Å²) in [7, 11) is 0. The van der Waals surface area contributed by atoms with Crippen molar-refractivity contribution in [2.75, 3.05) is 0 Å². The number of rotatable bonds is 3. The van der Waals surface area contributed by atoms with Gasteiger partial charge in [-0.1, -0.05) is 62.4 Å². The van der Waals surface area contributed by atoms with E-state index in [-0.39, 0.29) is 17.5 Å². The Morgan fingerprint density at radius 2 is 1.61 bits per heavy atom. The second kappa shape index (κ2) is 6.98. The average Bonchev–Trinajstić information content (AvgIpc) is 2.76. The fourth-order valence-corrected chi connectivity index (χ4v) is 4.63. The lowest BCUT2D eigenvalue weighted by Crippen LogP contribution is -2.42. The van der Waals surface area contributed by atoms with E-state index in [2.05, 4.69) is 0 Å². The van der Waals surface area contributed by atoms with Crippen molar-refractivity contribution in [3.8, 4) is 0 Å². The van der Waals surface area contributed by atoms with E-state index in [0.717, 1.165) is 19.3 Å². The Bertz CT molecular complexity index is 556. The summed E-state index contributed by atoms with van der Waals surface area (Å²) in [5, 5.41) is 0. The number of Topliss-reactive ketones (excluding diaryl/α,β-unsaturated/α-hetero) is 2. The molecular weight excluding hydrogens is 284 g/mol. The van der Waals surface area contributed by atoms with E-state index >= 15 is 0 Å². The summed E-state index contributed by atoms with van der Waals surface area (Å²) in [4.78, 5) is 26.5. The molecule has 1 unspecified atom stereocenters. The summed E-state index contributed by atoms with van der Waals surface area (Å²) in [5.74, 6) is 0.884. The third-order valence-corrected chi connectivity index (χ3v) is 6.08. The molecule has 2 saturated carbocycles. The van der Waals surface area contributed by atoms with Gasteiger partial charge in [0.05, 0.1) is 5.41 Å². The molecular formula is C21H28O2. The van der Waals surface area contributed by atoms with E-state index in [0.29, 0.717) is 17.9 Å². The van der Waals surface area contributed by atoms with Gasteiger partial charge in [0.1, 0.15) is 5.78 Å². The zero-order chi connectivity index (χ0) is 16.3. The van der Waals surface area contributed by atoms with Crippen molar-refractivity contribution in [1.82, 2.24) is 0 Å². The smallest absolute Gasteiger partial charge is 0.176 e. The van der Waals surface area contributed by atoms with Crippen LogP contribution in [0.3, 0.4) is 0 Å². The molecule has 0 aliphatic heterocycles. The Morgan fingerprint density at radius 3 is 2.30 bits per heavy atom. The third kappa shape index (κ3) is 3.27. The number of benzene rings is 1. The number of carbonyl (C=O) groups is 2. The lowest BCUT2D eigenvalue weighted by Gasteiger charge is -2.34. The summed E-state index contributed by atoms with van der Waals surface area (Å²) in [5.41, 5.74) is -0.132. The van der Waals surface area contributed by atoms with E-state index in [4.69, 9.17) is 0 Å². The Morgan fingerprint density at radius 1 is 0.957 bits per heavy atom. The highest BCUT2D eigenvalue weighted by Crippen LogP contribution is 2.43. The summed E-state index contributed by atoms with van der Waals surface area (Å²) >= 11 is 0. The van der Waals surface area contributed by atoms with Crippen LogP contribution in [0.4, 0.5) is 0 Å². The molecule has 0 saturated heterocycles. The van der Waals surface area contributed by atoms with Gasteiger partial charge in [0.25, 0.3) is 0 Å². The first-order valence-electron chi connectivity index (χ1n) is 9.27. The topological polar surface area (TPSA) is 34.1 Å². The highest BCUT2D eigenvalue weighted by Gasteiger charge is 2.47. The van der Waals surface area contributed by atoms with E-state index in [1.54, 1.807) is 0 Å². The Balaban J connectivity index is 1.87. The van der Waals surface area contributed by atoms with Crippen LogP contribution in [0.1, 0.15) is 75.1 Å². The third-order valence-electron chi connectivity index (χ3n) is 6.08. The van der Waals surface area contributed by atoms with E-state index in [1.165, 1.54) is 32.1 Å². The van der Waals surface area contributed by atoms with Crippen molar-refractivity contribution in [2.24, 2.45) is 17.3 Å². The molecule has 2 aliphatic carbocycles. The number of ketones is 2.